The Hall–Kier alpha value is -2.05. The van der Waals surface area contributed by atoms with Crippen LogP contribution in [-0.2, 0) is 19.0 Å². The number of nitrogens with one attached hydrogen (secondary N) is 1. The van der Waals surface area contributed by atoms with Gasteiger partial charge in [0.15, 0.2) is 0 Å². The molecule has 2 amide bonds. The number of hydrogen-bond acceptors (Lipinski definition) is 6. The first-order chi connectivity index (χ1) is 15.1. The third kappa shape index (κ3) is 2.88. The average Bonchev–Trinajstić information content (AvgIpc) is 3.24. The van der Waals surface area contributed by atoms with Crippen LogP contribution in [0.2, 0.25) is 10.0 Å². The number of fused-ring (bicyclic) bond motifs is 2. The number of alkyl carbamates (subject to hydrolysis) is 1. The van der Waals surface area contributed by atoms with Crippen LogP contribution in [0.25, 0.3) is 0 Å². The lowest BCUT2D eigenvalue weighted by Crippen LogP contribution is -2.58. The van der Waals surface area contributed by atoms with E-state index in [0.717, 1.165) is 0 Å². The second-order valence-electron chi connectivity index (χ2n) is 9.33. The van der Waals surface area contributed by atoms with Gasteiger partial charge in [-0.15, -0.1) is 0 Å². The monoisotopic (exact) mass is 479 g/mol. The van der Waals surface area contributed by atoms with E-state index in [1.54, 1.807) is 30.9 Å². The highest BCUT2D eigenvalue weighted by molar-refractivity contribution is 6.37. The summed E-state index contributed by atoms with van der Waals surface area (Å²) in [7, 11) is 0. The van der Waals surface area contributed by atoms with E-state index in [4.69, 9.17) is 37.4 Å². The van der Waals surface area contributed by atoms with Crippen LogP contribution in [0.3, 0.4) is 0 Å². The van der Waals surface area contributed by atoms with Crippen molar-refractivity contribution in [1.29, 1.82) is 5.26 Å². The Morgan fingerprint density at radius 1 is 1.38 bits per heavy atom. The molecule has 1 N–H and O–H groups in total. The van der Waals surface area contributed by atoms with Crippen molar-refractivity contribution in [2.24, 2.45) is 11.8 Å². The van der Waals surface area contributed by atoms with Crippen LogP contribution in [0.15, 0.2) is 12.1 Å². The highest BCUT2D eigenvalue weighted by Gasteiger charge is 2.78. The number of ether oxygens (including phenoxy) is 3. The standard InChI is InChI=1S/C22H23Cl2N3O5/c1-10(2)31-20(29)26-15-8-22-4-5-30-19-17(22)16(21(15,3)32-22)18(28)27(19)11-6-13(23)12(9-25)14(24)7-11/h6-7,10,15-17,19H,4-5,8H2,1-3H3,(H,26,29)/t15-,16-,17+,19+,21-,22+/m1/s1. The second kappa shape index (κ2) is 7.22. The average molecular weight is 480 g/mol. The maximum absolute atomic E-state index is 13.8. The number of nitriles is 1. The lowest BCUT2D eigenvalue weighted by molar-refractivity contribution is -0.139. The molecule has 4 aliphatic heterocycles. The molecule has 4 heterocycles. The van der Waals surface area contributed by atoms with Gasteiger partial charge in [-0.05, 0) is 32.9 Å². The number of nitrogens with zero attached hydrogens (tertiary/aromatic N) is 2. The topological polar surface area (TPSA) is 101 Å². The van der Waals surface area contributed by atoms with E-state index in [0.29, 0.717) is 25.1 Å². The predicted molar refractivity (Wildman–Crippen MR) is 115 cm³/mol. The molecule has 32 heavy (non-hydrogen) atoms. The Labute approximate surface area is 195 Å². The summed E-state index contributed by atoms with van der Waals surface area (Å²) in [5.41, 5.74) is -0.845. The van der Waals surface area contributed by atoms with Gasteiger partial charge in [-0.1, -0.05) is 23.2 Å². The predicted octanol–water partition coefficient (Wildman–Crippen LogP) is 3.63. The summed E-state index contributed by atoms with van der Waals surface area (Å²) in [6, 6.07) is 4.73. The van der Waals surface area contributed by atoms with Gasteiger partial charge >= 0.3 is 6.09 Å². The third-order valence-corrected chi connectivity index (χ3v) is 7.78. The molecule has 0 saturated carbocycles. The Morgan fingerprint density at radius 3 is 2.69 bits per heavy atom. The first-order valence-corrected chi connectivity index (χ1v) is 11.4. The zero-order valence-corrected chi connectivity index (χ0v) is 19.4. The molecule has 0 aromatic heterocycles. The number of amides is 2. The van der Waals surface area contributed by atoms with Crippen molar-refractivity contribution < 1.29 is 23.8 Å². The summed E-state index contributed by atoms with van der Waals surface area (Å²) >= 11 is 12.5. The van der Waals surface area contributed by atoms with Gasteiger partial charge in [0.25, 0.3) is 0 Å². The van der Waals surface area contributed by atoms with E-state index in [1.165, 1.54) is 0 Å². The molecule has 4 fully saturated rings. The molecule has 5 rings (SSSR count). The molecule has 0 radical (unpaired) electrons. The summed E-state index contributed by atoms with van der Waals surface area (Å²) in [5.74, 6) is -0.882. The van der Waals surface area contributed by atoms with Crippen LogP contribution in [0, 0.1) is 23.2 Å². The minimum atomic E-state index is -0.904. The Balaban J connectivity index is 1.52. The number of hydrogen-bond donors (Lipinski definition) is 1. The van der Waals surface area contributed by atoms with Crippen LogP contribution in [0.1, 0.15) is 39.2 Å². The SMILES string of the molecule is CC(C)OC(=O)N[C@@H]1C[C@@]23CCO[C@H]4[C@@H]2[C@H](C(=O)N4c2cc(Cl)c(C#N)c(Cl)c2)[C@]1(C)O3. The van der Waals surface area contributed by atoms with E-state index in [-0.39, 0.29) is 39.6 Å². The fourth-order valence-corrected chi connectivity index (χ4v) is 6.58. The Kier molecular flexibility index (Phi) is 4.92. The molecule has 10 heteroatoms. The van der Waals surface area contributed by atoms with Crippen molar-refractivity contribution in [3.05, 3.63) is 27.7 Å². The first kappa shape index (κ1) is 21.8. The molecule has 1 aromatic carbocycles. The number of rotatable bonds is 3. The number of anilines is 1. The summed E-state index contributed by atoms with van der Waals surface area (Å²) in [6.45, 7) is 5.85. The van der Waals surface area contributed by atoms with Crippen LogP contribution in [0.5, 0.6) is 0 Å². The van der Waals surface area contributed by atoms with Crippen molar-refractivity contribution in [1.82, 2.24) is 5.32 Å². The van der Waals surface area contributed by atoms with E-state index in [9.17, 15) is 14.9 Å². The van der Waals surface area contributed by atoms with Crippen molar-refractivity contribution in [3.63, 3.8) is 0 Å². The fourth-order valence-electron chi connectivity index (χ4n) is 6.02. The molecule has 1 spiro atoms. The van der Waals surface area contributed by atoms with Crippen molar-refractivity contribution >= 4 is 40.9 Å². The van der Waals surface area contributed by atoms with Gasteiger partial charge in [0.05, 0.1) is 51.5 Å². The number of carbonyl (C=O) groups excluding carboxylic acids is 2. The summed E-state index contributed by atoms with van der Waals surface area (Å²) in [6.07, 6.45) is -0.102. The molecule has 1 aromatic rings. The van der Waals surface area contributed by atoms with Gasteiger partial charge in [0.1, 0.15) is 12.3 Å². The zero-order chi connectivity index (χ0) is 23.0. The molecule has 2 bridgehead atoms. The lowest BCUT2D eigenvalue weighted by Gasteiger charge is -2.42. The molecular formula is C22H23Cl2N3O5. The Morgan fingerprint density at radius 2 is 2.06 bits per heavy atom. The molecule has 0 unspecified atom stereocenters. The van der Waals surface area contributed by atoms with Crippen molar-refractivity contribution in [2.75, 3.05) is 11.5 Å². The zero-order valence-electron chi connectivity index (χ0n) is 17.9. The van der Waals surface area contributed by atoms with Gasteiger partial charge < -0.3 is 19.5 Å². The largest absolute Gasteiger partial charge is 0.447 e. The summed E-state index contributed by atoms with van der Waals surface area (Å²) in [4.78, 5) is 27.7. The van der Waals surface area contributed by atoms with Crippen LogP contribution >= 0.6 is 23.2 Å². The molecule has 4 aliphatic rings. The summed E-state index contributed by atoms with van der Waals surface area (Å²) < 4.78 is 17.9. The molecule has 0 aliphatic carbocycles. The number of halogens is 2. The van der Waals surface area contributed by atoms with E-state index in [2.05, 4.69) is 5.32 Å². The van der Waals surface area contributed by atoms with Gasteiger partial charge in [0, 0.05) is 24.4 Å². The van der Waals surface area contributed by atoms with Crippen LogP contribution < -0.4 is 10.2 Å². The van der Waals surface area contributed by atoms with E-state index >= 15 is 0 Å². The second-order valence-corrected chi connectivity index (χ2v) is 10.1. The third-order valence-electron chi connectivity index (χ3n) is 7.18. The summed E-state index contributed by atoms with van der Waals surface area (Å²) in [5, 5.41) is 12.5. The van der Waals surface area contributed by atoms with Crippen molar-refractivity contribution in [2.45, 2.75) is 63.2 Å². The first-order valence-electron chi connectivity index (χ1n) is 10.6. The van der Waals surface area contributed by atoms with E-state index < -0.39 is 29.4 Å². The minimum Gasteiger partial charge on any atom is -0.447 e. The molecule has 8 nitrogen and oxygen atoms in total. The molecule has 170 valence electrons. The van der Waals surface area contributed by atoms with Gasteiger partial charge in [-0.3, -0.25) is 9.69 Å². The normalized spacial score (nSPS) is 36.9. The molecule has 4 saturated heterocycles. The molecule has 6 atom stereocenters. The number of benzene rings is 1. The minimum absolute atomic E-state index is 0.160. The molecular weight excluding hydrogens is 457 g/mol. The smallest absolute Gasteiger partial charge is 0.407 e. The quantitative estimate of drug-likeness (QED) is 0.710. The maximum Gasteiger partial charge on any atom is 0.407 e. The van der Waals surface area contributed by atoms with Crippen LogP contribution in [0.4, 0.5) is 10.5 Å². The van der Waals surface area contributed by atoms with Gasteiger partial charge in [-0.2, -0.15) is 5.26 Å². The lowest BCUT2D eigenvalue weighted by atomic mass is 9.64. The highest BCUT2D eigenvalue weighted by Crippen LogP contribution is 2.65. The fraction of sp³-hybridized carbons (Fsp3) is 0.591. The number of carbonyl (C=O) groups is 2. The van der Waals surface area contributed by atoms with E-state index in [1.807, 2.05) is 13.0 Å². The highest BCUT2D eigenvalue weighted by atomic mass is 35.5. The maximum atomic E-state index is 13.8. The van der Waals surface area contributed by atoms with Gasteiger partial charge in [-0.25, -0.2) is 4.79 Å². The van der Waals surface area contributed by atoms with Gasteiger partial charge in [0.2, 0.25) is 5.91 Å². The Bertz CT molecular complexity index is 1040. The van der Waals surface area contributed by atoms with Crippen LogP contribution in [-0.4, -0.2) is 48.2 Å². The van der Waals surface area contributed by atoms with Crippen molar-refractivity contribution in [3.8, 4) is 6.07 Å².